The lowest BCUT2D eigenvalue weighted by atomic mass is 10.1. The monoisotopic (exact) mass is 342 g/mol. The van der Waals surface area contributed by atoms with E-state index in [1.807, 2.05) is 18.2 Å². The van der Waals surface area contributed by atoms with Gasteiger partial charge in [-0.25, -0.2) is 0 Å². The van der Waals surface area contributed by atoms with Crippen LogP contribution in [0.15, 0.2) is 59.5 Å². The molecule has 3 nitrogen and oxygen atoms in total. The average molecular weight is 343 g/mol. The second-order valence-corrected chi connectivity index (χ2v) is 7.18. The van der Waals surface area contributed by atoms with Crippen LogP contribution in [0, 0.1) is 6.92 Å². The normalized spacial score (nSPS) is 12.2. The van der Waals surface area contributed by atoms with Gasteiger partial charge in [0.1, 0.15) is 0 Å². The van der Waals surface area contributed by atoms with E-state index >= 15 is 0 Å². The molecule has 128 valence electrons. The molecule has 1 atom stereocenters. The van der Waals surface area contributed by atoms with Crippen molar-refractivity contribution in [2.24, 2.45) is 0 Å². The fourth-order valence-electron chi connectivity index (χ4n) is 2.47. The van der Waals surface area contributed by atoms with Crippen LogP contribution in [-0.2, 0) is 11.2 Å². The Balaban J connectivity index is 1.81. The van der Waals surface area contributed by atoms with Crippen molar-refractivity contribution in [3.63, 3.8) is 0 Å². The zero-order chi connectivity index (χ0) is 17.4. The zero-order valence-corrected chi connectivity index (χ0v) is 15.5. The van der Waals surface area contributed by atoms with Gasteiger partial charge in [-0.3, -0.25) is 4.79 Å². The molecule has 0 aliphatic rings. The van der Waals surface area contributed by atoms with E-state index in [1.54, 1.807) is 11.8 Å². The highest BCUT2D eigenvalue weighted by Gasteiger charge is 2.14. The number of carbonyl (C=O) groups excluding carboxylic acids is 1. The lowest BCUT2D eigenvalue weighted by Gasteiger charge is -2.24. The summed E-state index contributed by atoms with van der Waals surface area (Å²) in [5, 5.41) is 3.07. The topological polar surface area (TPSA) is 32.3 Å². The minimum atomic E-state index is 0.0863. The molecule has 2 aromatic carbocycles. The fourth-order valence-corrected chi connectivity index (χ4v) is 3.33. The molecule has 0 spiro atoms. The van der Waals surface area contributed by atoms with Crippen LogP contribution in [0.3, 0.4) is 0 Å². The number of aryl methyl sites for hydroxylation is 1. The van der Waals surface area contributed by atoms with Crippen LogP contribution in [0.4, 0.5) is 0 Å². The summed E-state index contributed by atoms with van der Waals surface area (Å²) in [5.74, 6) is 0.541. The third-order valence-electron chi connectivity index (χ3n) is 4.03. The van der Waals surface area contributed by atoms with Gasteiger partial charge in [0.2, 0.25) is 5.91 Å². The van der Waals surface area contributed by atoms with Crippen LogP contribution in [0.25, 0.3) is 0 Å². The van der Waals surface area contributed by atoms with Crippen LogP contribution in [0.5, 0.6) is 0 Å². The summed E-state index contributed by atoms with van der Waals surface area (Å²) in [5.41, 5.74) is 2.50. The van der Waals surface area contributed by atoms with E-state index in [9.17, 15) is 4.79 Å². The number of hydrogen-bond donors (Lipinski definition) is 1. The first-order valence-electron chi connectivity index (χ1n) is 8.21. The number of benzene rings is 2. The Labute approximate surface area is 149 Å². The summed E-state index contributed by atoms with van der Waals surface area (Å²) in [4.78, 5) is 15.5. The Morgan fingerprint density at radius 3 is 2.42 bits per heavy atom. The van der Waals surface area contributed by atoms with Crippen molar-refractivity contribution in [3.05, 3.63) is 65.7 Å². The van der Waals surface area contributed by atoms with Crippen molar-refractivity contribution in [2.75, 3.05) is 26.4 Å². The lowest BCUT2D eigenvalue weighted by molar-refractivity contribution is -0.118. The van der Waals surface area contributed by atoms with Crippen LogP contribution in [0.1, 0.15) is 11.1 Å². The van der Waals surface area contributed by atoms with Gasteiger partial charge in [0.05, 0.1) is 5.75 Å². The maximum Gasteiger partial charge on any atom is 0.230 e. The molecular weight excluding hydrogens is 316 g/mol. The molecule has 2 rings (SSSR count). The summed E-state index contributed by atoms with van der Waals surface area (Å²) >= 11 is 1.59. The van der Waals surface area contributed by atoms with Gasteiger partial charge in [-0.05, 0) is 44.6 Å². The standard InChI is InChI=1S/C20H26N2OS/c1-16-9-7-8-12-19(16)24-15-20(23)21-14-18(22(2)3)13-17-10-5-4-6-11-17/h4-12,18H,13-15H2,1-3H3,(H,21,23). The number of rotatable bonds is 8. The number of carbonyl (C=O) groups is 1. The molecule has 0 aromatic heterocycles. The quantitative estimate of drug-likeness (QED) is 0.747. The van der Waals surface area contributed by atoms with Crippen LogP contribution in [-0.4, -0.2) is 43.2 Å². The molecular formula is C20H26N2OS. The van der Waals surface area contributed by atoms with Crippen molar-refractivity contribution < 1.29 is 4.79 Å². The smallest absolute Gasteiger partial charge is 0.230 e. The van der Waals surface area contributed by atoms with E-state index in [4.69, 9.17) is 0 Å². The van der Waals surface area contributed by atoms with Crippen molar-refractivity contribution in [1.82, 2.24) is 10.2 Å². The third-order valence-corrected chi connectivity index (χ3v) is 5.21. The molecule has 0 bridgehead atoms. The molecule has 1 unspecified atom stereocenters. The number of likely N-dealkylation sites (N-methyl/N-ethyl adjacent to an activating group) is 1. The van der Waals surface area contributed by atoms with E-state index < -0.39 is 0 Å². The first-order valence-corrected chi connectivity index (χ1v) is 9.20. The Kier molecular flexibility index (Phi) is 7.35. The SMILES string of the molecule is Cc1ccccc1SCC(=O)NCC(Cc1ccccc1)N(C)C. The summed E-state index contributed by atoms with van der Waals surface area (Å²) in [7, 11) is 4.11. The number of thioether (sulfide) groups is 1. The van der Waals surface area contributed by atoms with Crippen LogP contribution in [0.2, 0.25) is 0 Å². The first kappa shape index (κ1) is 18.6. The van der Waals surface area contributed by atoms with E-state index in [2.05, 4.69) is 67.6 Å². The highest BCUT2D eigenvalue weighted by molar-refractivity contribution is 8.00. The van der Waals surface area contributed by atoms with Crippen molar-refractivity contribution in [1.29, 1.82) is 0 Å². The summed E-state index contributed by atoms with van der Waals surface area (Å²) in [6, 6.07) is 18.9. The molecule has 1 N–H and O–H groups in total. The number of hydrogen-bond acceptors (Lipinski definition) is 3. The molecule has 0 saturated carbocycles. The minimum Gasteiger partial charge on any atom is -0.354 e. The van der Waals surface area contributed by atoms with Gasteiger partial charge in [-0.15, -0.1) is 11.8 Å². The third kappa shape index (κ3) is 6.02. The van der Waals surface area contributed by atoms with Crippen LogP contribution < -0.4 is 5.32 Å². The molecule has 0 aliphatic heterocycles. The highest BCUT2D eigenvalue weighted by Crippen LogP contribution is 2.21. The summed E-state index contributed by atoms with van der Waals surface area (Å²) in [6.45, 7) is 2.73. The Morgan fingerprint density at radius 1 is 1.08 bits per heavy atom. The first-order chi connectivity index (χ1) is 11.6. The Hall–Kier alpha value is -1.78. The Morgan fingerprint density at radius 2 is 1.75 bits per heavy atom. The van der Waals surface area contributed by atoms with Gasteiger partial charge in [-0.2, -0.15) is 0 Å². The second-order valence-electron chi connectivity index (χ2n) is 6.17. The number of nitrogens with zero attached hydrogens (tertiary/aromatic N) is 1. The van der Waals surface area contributed by atoms with Crippen molar-refractivity contribution in [3.8, 4) is 0 Å². The molecule has 2 aromatic rings. The zero-order valence-electron chi connectivity index (χ0n) is 14.7. The van der Waals surface area contributed by atoms with Gasteiger partial charge in [0.15, 0.2) is 0 Å². The highest BCUT2D eigenvalue weighted by atomic mass is 32.2. The number of amides is 1. The molecule has 24 heavy (non-hydrogen) atoms. The molecule has 0 aliphatic carbocycles. The molecule has 0 saturated heterocycles. The molecule has 0 heterocycles. The molecule has 4 heteroatoms. The summed E-state index contributed by atoms with van der Waals surface area (Å²) in [6.07, 6.45) is 0.930. The fraction of sp³-hybridized carbons (Fsp3) is 0.350. The Bertz CT molecular complexity index is 643. The van der Waals surface area contributed by atoms with E-state index in [0.717, 1.165) is 6.42 Å². The van der Waals surface area contributed by atoms with Gasteiger partial charge in [0.25, 0.3) is 0 Å². The molecule has 0 fully saturated rings. The average Bonchev–Trinajstić information content (AvgIpc) is 2.58. The van der Waals surface area contributed by atoms with Crippen molar-refractivity contribution in [2.45, 2.75) is 24.3 Å². The second kappa shape index (κ2) is 9.50. The van der Waals surface area contributed by atoms with Gasteiger partial charge in [0, 0.05) is 17.5 Å². The maximum absolute atomic E-state index is 12.2. The van der Waals surface area contributed by atoms with Gasteiger partial charge in [-0.1, -0.05) is 48.5 Å². The number of nitrogens with one attached hydrogen (secondary N) is 1. The van der Waals surface area contributed by atoms with E-state index in [0.29, 0.717) is 18.3 Å². The maximum atomic E-state index is 12.2. The molecule has 0 radical (unpaired) electrons. The van der Waals surface area contributed by atoms with E-state index in [-0.39, 0.29) is 5.91 Å². The predicted molar refractivity (Wildman–Crippen MR) is 103 cm³/mol. The van der Waals surface area contributed by atoms with Gasteiger partial charge < -0.3 is 10.2 Å². The lowest BCUT2D eigenvalue weighted by Crippen LogP contribution is -2.42. The summed E-state index contributed by atoms with van der Waals surface area (Å²) < 4.78 is 0. The van der Waals surface area contributed by atoms with Crippen molar-refractivity contribution >= 4 is 17.7 Å². The molecule has 1 amide bonds. The van der Waals surface area contributed by atoms with E-state index in [1.165, 1.54) is 16.0 Å². The largest absolute Gasteiger partial charge is 0.354 e. The predicted octanol–water partition coefficient (Wildman–Crippen LogP) is 3.38. The van der Waals surface area contributed by atoms with Crippen LogP contribution >= 0.6 is 11.8 Å². The minimum absolute atomic E-state index is 0.0863. The van der Waals surface area contributed by atoms with Gasteiger partial charge >= 0.3 is 0 Å².